The average molecular weight is 759 g/mol. The van der Waals surface area contributed by atoms with Crippen LogP contribution in [0.3, 0.4) is 0 Å². The van der Waals surface area contributed by atoms with Crippen LogP contribution in [0.5, 0.6) is 0 Å². The van der Waals surface area contributed by atoms with Crippen molar-refractivity contribution in [3.63, 3.8) is 0 Å². The summed E-state index contributed by atoms with van der Waals surface area (Å²) in [4.78, 5) is 16.5. The van der Waals surface area contributed by atoms with E-state index >= 15 is 0 Å². The molecular formula is C40H85Cl2N3O5. The molecule has 4 atom stereocenters. The number of carbonyl (C=O) groups excluding carboxylic acids is 1. The summed E-state index contributed by atoms with van der Waals surface area (Å²) in [5.41, 5.74) is 0. The number of hydrogen-bond donors (Lipinski definition) is 4. The van der Waals surface area contributed by atoms with Crippen LogP contribution < -0.4 is 34.6 Å². The van der Waals surface area contributed by atoms with Crippen molar-refractivity contribution in [3.8, 4) is 0 Å². The van der Waals surface area contributed by atoms with Crippen LogP contribution in [-0.2, 0) is 14.3 Å². The van der Waals surface area contributed by atoms with Crippen molar-refractivity contribution in [1.29, 1.82) is 0 Å². The lowest BCUT2D eigenvalue weighted by Crippen LogP contribution is -3.11. The Morgan fingerprint density at radius 1 is 0.540 bits per heavy atom. The van der Waals surface area contributed by atoms with Gasteiger partial charge in [-0.3, -0.25) is 4.79 Å². The lowest BCUT2D eigenvalue weighted by molar-refractivity contribution is -0.890. The highest BCUT2D eigenvalue weighted by atomic mass is 35.5. The molecule has 0 spiro atoms. The number of nitrogens with zero attached hydrogens (tertiary/aromatic N) is 1. The quantitative estimate of drug-likeness (QED) is 0.0633. The molecule has 4 unspecified atom stereocenters. The number of likely N-dealkylation sites (N-methyl/N-ethyl adjacent to an activating group) is 2. The van der Waals surface area contributed by atoms with Gasteiger partial charge in [0, 0.05) is 32.9 Å². The first kappa shape index (κ1) is 54.2. The molecule has 0 aliphatic rings. The topological polar surface area (TPSA) is 88.1 Å². The van der Waals surface area contributed by atoms with E-state index in [2.05, 4.69) is 42.0 Å². The van der Waals surface area contributed by atoms with Gasteiger partial charge in [-0.25, -0.2) is 0 Å². The Morgan fingerprint density at radius 3 is 1.08 bits per heavy atom. The van der Waals surface area contributed by atoms with Crippen LogP contribution in [0.4, 0.5) is 0 Å². The van der Waals surface area contributed by atoms with Gasteiger partial charge in [-0.2, -0.15) is 0 Å². The minimum atomic E-state index is -0.517. The maximum absolute atomic E-state index is 12.2. The van der Waals surface area contributed by atoms with E-state index in [9.17, 15) is 15.0 Å². The van der Waals surface area contributed by atoms with E-state index in [0.29, 0.717) is 26.3 Å². The molecule has 0 aromatic heterocycles. The van der Waals surface area contributed by atoms with Crippen molar-refractivity contribution in [2.75, 3.05) is 67.7 Å². The molecule has 0 rings (SSSR count). The fourth-order valence-corrected chi connectivity index (χ4v) is 6.85. The summed E-state index contributed by atoms with van der Waals surface area (Å²) >= 11 is 0. The smallest absolute Gasteiger partial charge is 0.219 e. The number of amides is 1. The number of carbonyl (C=O) groups is 1. The van der Waals surface area contributed by atoms with E-state index < -0.39 is 12.2 Å². The summed E-state index contributed by atoms with van der Waals surface area (Å²) in [6.07, 6.45) is 27.3. The standard InChI is InChI=1S/C40H83N3O5.2ClH/c1-8-10-12-14-16-18-20-22-24-26-28-37(41(4)5)39(45)34-47-32-30-43(36(3)44)31-33-48-35-40(46)38(42(6)7)29-27-25-23-21-19-17-15-13-11-9-2;;/h37-40,45-46H,8-35H2,1-7H3;2*1H. The Hall–Kier alpha value is -0.190. The highest BCUT2D eigenvalue weighted by Crippen LogP contribution is 2.14. The number of halogens is 2. The van der Waals surface area contributed by atoms with E-state index in [0.717, 1.165) is 25.7 Å². The molecule has 0 aromatic rings. The van der Waals surface area contributed by atoms with Crippen molar-refractivity contribution in [1.82, 2.24) is 4.90 Å². The highest BCUT2D eigenvalue weighted by molar-refractivity contribution is 5.73. The molecule has 8 nitrogen and oxygen atoms in total. The van der Waals surface area contributed by atoms with Crippen LogP contribution >= 0.6 is 0 Å². The molecule has 0 heterocycles. The second-order valence-electron chi connectivity index (χ2n) is 15.1. The van der Waals surface area contributed by atoms with Gasteiger partial charge in [0.15, 0.2) is 0 Å². The lowest BCUT2D eigenvalue weighted by Gasteiger charge is -2.27. The van der Waals surface area contributed by atoms with Crippen molar-refractivity contribution >= 4 is 5.91 Å². The number of unbranched alkanes of at least 4 members (excludes halogenated alkanes) is 18. The summed E-state index contributed by atoms with van der Waals surface area (Å²) in [7, 11) is 8.44. The SMILES string of the molecule is CCCCCCCCCCCCC(C(O)COCCN(CCOCC(O)C(CCCCCCCCCCCC)[NH+](C)C)C(C)=O)[NH+](C)C.[Cl-].[Cl-]. The van der Waals surface area contributed by atoms with Crippen LogP contribution in [0.25, 0.3) is 0 Å². The van der Waals surface area contributed by atoms with Crippen molar-refractivity contribution in [2.45, 2.75) is 186 Å². The Kier molecular flexibility index (Phi) is 41.7. The van der Waals surface area contributed by atoms with Crippen molar-refractivity contribution in [3.05, 3.63) is 0 Å². The molecule has 1 amide bonds. The normalized spacial score (nSPS) is 13.9. The van der Waals surface area contributed by atoms with Gasteiger partial charge in [0.1, 0.15) is 24.3 Å². The molecule has 0 saturated carbocycles. The number of nitrogens with one attached hydrogen (secondary N) is 2. The molecule has 0 bridgehead atoms. The second-order valence-corrected chi connectivity index (χ2v) is 15.1. The van der Waals surface area contributed by atoms with Gasteiger partial charge < -0.3 is 59.2 Å². The van der Waals surface area contributed by atoms with Crippen LogP contribution in [-0.4, -0.2) is 113 Å². The van der Waals surface area contributed by atoms with Crippen LogP contribution in [0.2, 0.25) is 0 Å². The first-order valence-electron chi connectivity index (χ1n) is 20.5. The Labute approximate surface area is 323 Å². The molecule has 50 heavy (non-hydrogen) atoms. The first-order valence-corrected chi connectivity index (χ1v) is 20.5. The van der Waals surface area contributed by atoms with Gasteiger partial charge >= 0.3 is 0 Å². The van der Waals surface area contributed by atoms with Crippen LogP contribution in [0.15, 0.2) is 0 Å². The van der Waals surface area contributed by atoms with Gasteiger partial charge in [0.25, 0.3) is 0 Å². The molecule has 4 N–H and O–H groups in total. The molecule has 304 valence electrons. The van der Waals surface area contributed by atoms with E-state index in [1.807, 2.05) is 0 Å². The third kappa shape index (κ3) is 31.3. The molecule has 0 aliphatic carbocycles. The zero-order valence-electron chi connectivity index (χ0n) is 33.9. The summed E-state index contributed by atoms with van der Waals surface area (Å²) in [6, 6.07) is 0.307. The summed E-state index contributed by atoms with van der Waals surface area (Å²) in [6.45, 7) is 8.38. The number of quaternary nitrogens is 2. The molecule has 0 radical (unpaired) electrons. The average Bonchev–Trinajstić information content (AvgIpc) is 3.04. The fraction of sp³-hybridized carbons (Fsp3) is 0.975. The zero-order valence-corrected chi connectivity index (χ0v) is 35.4. The lowest BCUT2D eigenvalue weighted by atomic mass is 10.0. The molecule has 0 aromatic carbocycles. The zero-order chi connectivity index (χ0) is 35.8. The highest BCUT2D eigenvalue weighted by Gasteiger charge is 2.26. The number of ether oxygens (including phenoxy) is 2. The minimum Gasteiger partial charge on any atom is -1.00 e. The predicted octanol–water partition coefficient (Wildman–Crippen LogP) is -0.754. The summed E-state index contributed by atoms with van der Waals surface area (Å²) < 4.78 is 11.7. The van der Waals surface area contributed by atoms with Gasteiger partial charge in [0.2, 0.25) is 5.91 Å². The number of hydrogen-bond acceptors (Lipinski definition) is 5. The monoisotopic (exact) mass is 758 g/mol. The Balaban J connectivity index is -0.0000110. The molecule has 10 heteroatoms. The maximum atomic E-state index is 12.2. The van der Waals surface area contributed by atoms with Gasteiger partial charge in [-0.1, -0.05) is 129 Å². The van der Waals surface area contributed by atoms with Gasteiger partial charge in [-0.15, -0.1) is 0 Å². The molecule has 0 fully saturated rings. The Bertz CT molecular complexity index is 658. The minimum absolute atomic E-state index is 0. The van der Waals surface area contributed by atoms with E-state index in [4.69, 9.17) is 9.47 Å². The largest absolute Gasteiger partial charge is 1.00 e. The third-order valence-corrected chi connectivity index (χ3v) is 10.2. The summed E-state index contributed by atoms with van der Waals surface area (Å²) in [5.74, 6) is -0.0172. The molecular weight excluding hydrogens is 673 g/mol. The second kappa shape index (κ2) is 38.5. The Morgan fingerprint density at radius 2 is 0.820 bits per heavy atom. The van der Waals surface area contributed by atoms with Crippen LogP contribution in [0, 0.1) is 0 Å². The van der Waals surface area contributed by atoms with E-state index in [-0.39, 0.29) is 56.0 Å². The third-order valence-electron chi connectivity index (χ3n) is 10.2. The number of aliphatic hydroxyl groups excluding tert-OH is 2. The van der Waals surface area contributed by atoms with E-state index in [1.165, 1.54) is 125 Å². The van der Waals surface area contributed by atoms with Crippen LogP contribution in [0.1, 0.15) is 162 Å². The first-order chi connectivity index (χ1) is 23.1. The molecule has 0 saturated heterocycles. The molecule has 0 aliphatic heterocycles. The van der Waals surface area contributed by atoms with Gasteiger partial charge in [-0.05, 0) is 12.8 Å². The number of rotatable bonds is 36. The van der Waals surface area contributed by atoms with E-state index in [1.54, 1.807) is 11.8 Å². The van der Waals surface area contributed by atoms with Gasteiger partial charge in [0.05, 0.1) is 54.6 Å². The van der Waals surface area contributed by atoms with Crippen molar-refractivity contribution in [2.24, 2.45) is 0 Å². The predicted molar refractivity (Wildman–Crippen MR) is 202 cm³/mol. The fourth-order valence-electron chi connectivity index (χ4n) is 6.85. The maximum Gasteiger partial charge on any atom is 0.219 e. The van der Waals surface area contributed by atoms with Crippen molar-refractivity contribution < 1.29 is 59.1 Å². The summed E-state index contributed by atoms with van der Waals surface area (Å²) in [5, 5.41) is 21.7. The number of aliphatic hydroxyl groups is 2.